The second-order valence-electron chi connectivity index (χ2n) is 5.58. The molecular formula is C13H21BrN2O2S2. The highest BCUT2D eigenvalue weighted by molar-refractivity contribution is 9.11. The van der Waals surface area contributed by atoms with Crippen molar-refractivity contribution in [2.75, 3.05) is 13.6 Å². The zero-order chi connectivity index (χ0) is 14.9. The Morgan fingerprint density at radius 3 is 2.65 bits per heavy atom. The predicted molar refractivity (Wildman–Crippen MR) is 86.5 cm³/mol. The Morgan fingerprint density at radius 2 is 2.15 bits per heavy atom. The van der Waals surface area contributed by atoms with E-state index in [2.05, 4.69) is 35.1 Å². The van der Waals surface area contributed by atoms with Gasteiger partial charge in [0.1, 0.15) is 4.90 Å². The van der Waals surface area contributed by atoms with E-state index >= 15 is 0 Å². The number of hydrogen-bond acceptors (Lipinski definition) is 4. The summed E-state index contributed by atoms with van der Waals surface area (Å²) in [5.41, 5.74) is 0. The number of hydrogen-bond donors (Lipinski definition) is 1. The van der Waals surface area contributed by atoms with Crippen molar-refractivity contribution in [2.45, 2.75) is 44.2 Å². The molecule has 1 saturated carbocycles. The number of nitrogens with zero attached hydrogens (tertiary/aromatic N) is 1. The third kappa shape index (κ3) is 3.62. The van der Waals surface area contributed by atoms with E-state index in [1.165, 1.54) is 11.3 Å². The fraction of sp³-hybridized carbons (Fsp3) is 0.692. The maximum Gasteiger partial charge on any atom is 0.245 e. The number of sulfonamides is 1. The van der Waals surface area contributed by atoms with Crippen LogP contribution in [0.15, 0.2) is 14.7 Å². The van der Waals surface area contributed by atoms with Crippen LogP contribution in [0.1, 0.15) is 31.6 Å². The van der Waals surface area contributed by atoms with Gasteiger partial charge in [0.2, 0.25) is 10.0 Å². The molecule has 4 nitrogen and oxygen atoms in total. The molecule has 1 fully saturated rings. The highest BCUT2D eigenvalue weighted by atomic mass is 79.9. The van der Waals surface area contributed by atoms with Crippen LogP contribution in [0.5, 0.6) is 0 Å². The van der Waals surface area contributed by atoms with Crippen molar-refractivity contribution in [1.29, 1.82) is 0 Å². The Bertz CT molecular complexity index is 565. The van der Waals surface area contributed by atoms with Gasteiger partial charge in [0, 0.05) is 24.0 Å². The molecule has 0 spiro atoms. The fourth-order valence-corrected chi connectivity index (χ4v) is 6.62. The van der Waals surface area contributed by atoms with Gasteiger partial charge in [0.15, 0.2) is 0 Å². The zero-order valence-corrected chi connectivity index (χ0v) is 15.2. The van der Waals surface area contributed by atoms with Gasteiger partial charge in [-0.2, -0.15) is 4.31 Å². The van der Waals surface area contributed by atoms with Crippen LogP contribution in [0, 0.1) is 5.92 Å². The predicted octanol–water partition coefficient (Wildman–Crippen LogP) is 3.04. The van der Waals surface area contributed by atoms with Crippen LogP contribution in [0.2, 0.25) is 0 Å². The van der Waals surface area contributed by atoms with Gasteiger partial charge in [-0.15, -0.1) is 11.3 Å². The summed E-state index contributed by atoms with van der Waals surface area (Å²) in [6.07, 6.45) is 1.97. The first kappa shape index (κ1) is 16.4. The van der Waals surface area contributed by atoms with E-state index in [-0.39, 0.29) is 6.04 Å². The van der Waals surface area contributed by atoms with Crippen molar-refractivity contribution in [3.05, 3.63) is 14.7 Å². The van der Waals surface area contributed by atoms with Crippen molar-refractivity contribution < 1.29 is 8.42 Å². The minimum atomic E-state index is -3.39. The molecule has 114 valence electrons. The molecule has 7 heteroatoms. The molecule has 20 heavy (non-hydrogen) atoms. The Morgan fingerprint density at radius 1 is 1.50 bits per heavy atom. The van der Waals surface area contributed by atoms with Gasteiger partial charge in [0.25, 0.3) is 0 Å². The molecule has 0 unspecified atom stereocenters. The summed E-state index contributed by atoms with van der Waals surface area (Å²) >= 11 is 4.89. The lowest BCUT2D eigenvalue weighted by atomic mass is 10.2. The smallest absolute Gasteiger partial charge is 0.245 e. The molecule has 1 heterocycles. The van der Waals surface area contributed by atoms with E-state index < -0.39 is 10.0 Å². The van der Waals surface area contributed by atoms with Crippen LogP contribution in [0.4, 0.5) is 0 Å². The highest BCUT2D eigenvalue weighted by Crippen LogP contribution is 2.38. The molecule has 1 aliphatic carbocycles. The summed E-state index contributed by atoms with van der Waals surface area (Å²) in [6, 6.07) is 1.98. The number of nitrogens with one attached hydrogen (secondary N) is 1. The third-order valence-corrected chi connectivity index (χ3v) is 7.31. The Labute approximate surface area is 133 Å². The molecule has 2 rings (SSSR count). The lowest BCUT2D eigenvalue weighted by Crippen LogP contribution is -2.36. The SMILES string of the molecule is CNCc1cc(S(=O)(=O)N(CC(C)C)C2CC2)c(Br)s1. The van der Waals surface area contributed by atoms with Gasteiger partial charge in [-0.05, 0) is 47.8 Å². The summed E-state index contributed by atoms with van der Waals surface area (Å²) in [6.45, 7) is 5.39. The summed E-state index contributed by atoms with van der Waals surface area (Å²) < 4.78 is 28.1. The molecule has 0 radical (unpaired) electrons. The molecule has 1 aliphatic rings. The average molecular weight is 381 g/mol. The molecule has 0 amide bonds. The van der Waals surface area contributed by atoms with Crippen LogP contribution in [-0.2, 0) is 16.6 Å². The first-order valence-electron chi connectivity index (χ1n) is 6.81. The largest absolute Gasteiger partial charge is 0.315 e. The van der Waals surface area contributed by atoms with Gasteiger partial charge in [-0.1, -0.05) is 13.8 Å². The van der Waals surface area contributed by atoms with Gasteiger partial charge in [-0.3, -0.25) is 0 Å². The molecule has 0 bridgehead atoms. The van der Waals surface area contributed by atoms with Gasteiger partial charge in [-0.25, -0.2) is 8.42 Å². The van der Waals surface area contributed by atoms with Gasteiger partial charge < -0.3 is 5.32 Å². The molecule has 0 aromatic carbocycles. The minimum Gasteiger partial charge on any atom is -0.315 e. The second-order valence-corrected chi connectivity index (χ2v) is 9.89. The maximum absolute atomic E-state index is 12.9. The van der Waals surface area contributed by atoms with Crippen molar-refractivity contribution in [3.63, 3.8) is 0 Å². The lowest BCUT2D eigenvalue weighted by molar-refractivity contribution is 0.360. The van der Waals surface area contributed by atoms with E-state index in [4.69, 9.17) is 0 Å². The molecule has 0 saturated heterocycles. The van der Waals surface area contributed by atoms with Gasteiger partial charge in [0.05, 0.1) is 3.79 Å². The number of thiophene rings is 1. The third-order valence-electron chi connectivity index (χ3n) is 3.14. The number of halogens is 1. The first-order valence-corrected chi connectivity index (χ1v) is 9.86. The van der Waals surface area contributed by atoms with E-state index in [0.717, 1.165) is 17.7 Å². The normalized spacial score (nSPS) is 16.3. The topological polar surface area (TPSA) is 49.4 Å². The highest BCUT2D eigenvalue weighted by Gasteiger charge is 2.39. The van der Waals surface area contributed by atoms with E-state index in [9.17, 15) is 8.42 Å². The summed E-state index contributed by atoms with van der Waals surface area (Å²) in [5.74, 6) is 0.333. The quantitative estimate of drug-likeness (QED) is 0.790. The van der Waals surface area contributed by atoms with Crippen LogP contribution in [-0.4, -0.2) is 32.4 Å². The summed E-state index contributed by atoms with van der Waals surface area (Å²) in [4.78, 5) is 1.44. The average Bonchev–Trinajstić information content (AvgIpc) is 3.10. The molecular weight excluding hydrogens is 360 g/mol. The fourth-order valence-electron chi connectivity index (χ4n) is 2.13. The van der Waals surface area contributed by atoms with Crippen LogP contribution in [0.3, 0.4) is 0 Å². The standard InChI is InChI=1S/C13H21BrN2O2S2/c1-9(2)8-16(10-4-5-10)20(17,18)12-6-11(7-15-3)19-13(12)14/h6,9-10,15H,4-5,7-8H2,1-3H3. The maximum atomic E-state index is 12.9. The van der Waals surface area contributed by atoms with E-state index in [0.29, 0.717) is 27.7 Å². The van der Waals surface area contributed by atoms with Crippen LogP contribution < -0.4 is 5.32 Å². The Hall–Kier alpha value is 0.0500. The van der Waals surface area contributed by atoms with Crippen LogP contribution in [0.25, 0.3) is 0 Å². The minimum absolute atomic E-state index is 0.196. The van der Waals surface area contributed by atoms with Crippen molar-refractivity contribution in [2.24, 2.45) is 5.92 Å². The van der Waals surface area contributed by atoms with E-state index in [1.54, 1.807) is 10.4 Å². The molecule has 1 aromatic heterocycles. The molecule has 0 aliphatic heterocycles. The zero-order valence-electron chi connectivity index (χ0n) is 12.0. The lowest BCUT2D eigenvalue weighted by Gasteiger charge is -2.23. The monoisotopic (exact) mass is 380 g/mol. The number of rotatable bonds is 7. The van der Waals surface area contributed by atoms with Crippen molar-refractivity contribution in [3.8, 4) is 0 Å². The Balaban J connectivity index is 2.32. The van der Waals surface area contributed by atoms with Gasteiger partial charge >= 0.3 is 0 Å². The van der Waals surface area contributed by atoms with E-state index in [1.807, 2.05) is 7.05 Å². The Kier molecular flexibility index (Phi) is 5.29. The first-order chi connectivity index (χ1) is 9.36. The summed E-state index contributed by atoms with van der Waals surface area (Å²) in [5, 5.41) is 3.05. The summed E-state index contributed by atoms with van der Waals surface area (Å²) in [7, 11) is -1.53. The van der Waals surface area contributed by atoms with Crippen molar-refractivity contribution in [1.82, 2.24) is 9.62 Å². The van der Waals surface area contributed by atoms with Crippen molar-refractivity contribution >= 4 is 37.3 Å². The molecule has 1 N–H and O–H groups in total. The molecule has 0 atom stereocenters. The van der Waals surface area contributed by atoms with Crippen LogP contribution >= 0.6 is 27.3 Å². The second kappa shape index (κ2) is 6.44. The molecule has 1 aromatic rings.